The molecule has 2 aromatic heterocycles. The molecule has 0 aliphatic carbocycles. The molecule has 306 valence electrons. The SMILES string of the molecule is COCCOCCOCCOc1cc2c(cc1OC)CCN(CCc1ccc(-n3cc(-c4ccc(C(=O)OC)c(NC(=O)c5ccc6ccccc6n5)c4)nn3)cc1)C2. The van der Waals surface area contributed by atoms with Crippen LogP contribution in [0.2, 0.25) is 0 Å². The molecule has 59 heavy (non-hydrogen) atoms. The van der Waals surface area contributed by atoms with Gasteiger partial charge in [0.2, 0.25) is 0 Å². The first-order chi connectivity index (χ1) is 28.9. The summed E-state index contributed by atoms with van der Waals surface area (Å²) in [6.07, 6.45) is 3.64. The molecule has 6 aromatic rings. The number of nitrogens with zero attached hydrogens (tertiary/aromatic N) is 5. The first kappa shape index (κ1) is 41.0. The molecule has 1 N–H and O–H groups in total. The number of aromatic nitrogens is 4. The van der Waals surface area contributed by atoms with Gasteiger partial charge in [0.15, 0.2) is 11.5 Å². The quantitative estimate of drug-likeness (QED) is 0.0736. The van der Waals surface area contributed by atoms with Crippen molar-refractivity contribution in [3.63, 3.8) is 0 Å². The number of benzene rings is 4. The van der Waals surface area contributed by atoms with Gasteiger partial charge < -0.3 is 33.7 Å². The summed E-state index contributed by atoms with van der Waals surface area (Å²) in [7, 11) is 4.61. The molecule has 1 aliphatic rings. The highest BCUT2D eigenvalue weighted by molar-refractivity contribution is 6.08. The number of pyridine rings is 1. The van der Waals surface area contributed by atoms with Gasteiger partial charge in [-0.25, -0.2) is 14.5 Å². The van der Waals surface area contributed by atoms with Crippen molar-refractivity contribution in [2.75, 3.05) is 79.4 Å². The third-order valence-corrected chi connectivity index (χ3v) is 10.1. The Hall–Kier alpha value is -6.19. The molecule has 0 fully saturated rings. The molecule has 4 aromatic carbocycles. The lowest BCUT2D eigenvalue weighted by atomic mass is 9.98. The number of fused-ring (bicyclic) bond motifs is 2. The van der Waals surface area contributed by atoms with Gasteiger partial charge in [-0.1, -0.05) is 47.7 Å². The lowest BCUT2D eigenvalue weighted by molar-refractivity contribution is 0.0178. The minimum atomic E-state index is -0.582. The highest BCUT2D eigenvalue weighted by Crippen LogP contribution is 2.34. The maximum atomic E-state index is 13.3. The molecule has 0 bridgehead atoms. The van der Waals surface area contributed by atoms with E-state index in [0.29, 0.717) is 56.4 Å². The first-order valence-electron chi connectivity index (χ1n) is 19.5. The number of esters is 1. The molecule has 7 rings (SSSR count). The van der Waals surface area contributed by atoms with Crippen molar-refractivity contribution in [1.82, 2.24) is 24.9 Å². The first-order valence-corrected chi connectivity index (χ1v) is 19.5. The van der Waals surface area contributed by atoms with E-state index >= 15 is 0 Å². The summed E-state index contributed by atoms with van der Waals surface area (Å²) in [5, 5.41) is 12.5. The highest BCUT2D eigenvalue weighted by Gasteiger charge is 2.21. The van der Waals surface area contributed by atoms with Crippen molar-refractivity contribution in [3.8, 4) is 28.4 Å². The van der Waals surface area contributed by atoms with Crippen molar-refractivity contribution < 1.29 is 38.0 Å². The van der Waals surface area contributed by atoms with Crippen molar-refractivity contribution >= 4 is 28.5 Å². The maximum Gasteiger partial charge on any atom is 0.339 e. The third-order valence-electron chi connectivity index (χ3n) is 10.1. The van der Waals surface area contributed by atoms with Gasteiger partial charge in [-0.3, -0.25) is 9.69 Å². The summed E-state index contributed by atoms with van der Waals surface area (Å²) in [6.45, 7) is 5.71. The summed E-state index contributed by atoms with van der Waals surface area (Å²) in [6, 6.07) is 28.5. The average Bonchev–Trinajstić information content (AvgIpc) is 3.78. The minimum absolute atomic E-state index is 0.204. The van der Waals surface area contributed by atoms with Crippen LogP contribution >= 0.6 is 0 Å². The number of amides is 1. The second-order valence-corrected chi connectivity index (χ2v) is 13.9. The molecule has 3 heterocycles. The van der Waals surface area contributed by atoms with Crippen LogP contribution in [0.1, 0.15) is 37.5 Å². The van der Waals surface area contributed by atoms with Gasteiger partial charge in [0.25, 0.3) is 5.91 Å². The van der Waals surface area contributed by atoms with E-state index in [9.17, 15) is 9.59 Å². The molecule has 0 radical (unpaired) electrons. The van der Waals surface area contributed by atoms with Crippen molar-refractivity contribution in [3.05, 3.63) is 125 Å². The summed E-state index contributed by atoms with van der Waals surface area (Å²) in [5.41, 5.74) is 7.20. The van der Waals surface area contributed by atoms with E-state index in [4.69, 9.17) is 28.4 Å². The molecule has 14 heteroatoms. The number of methoxy groups -OCH3 is 3. The number of carbonyl (C=O) groups excluding carboxylic acids is 2. The Morgan fingerprint density at radius 2 is 1.58 bits per heavy atom. The number of para-hydroxylation sites is 1. The number of anilines is 1. The van der Waals surface area contributed by atoms with Gasteiger partial charge in [-0.05, 0) is 78.1 Å². The van der Waals surface area contributed by atoms with Gasteiger partial charge in [0.1, 0.15) is 18.0 Å². The zero-order valence-electron chi connectivity index (χ0n) is 33.5. The van der Waals surface area contributed by atoms with Crippen LogP contribution in [-0.4, -0.2) is 111 Å². The second kappa shape index (κ2) is 20.0. The third kappa shape index (κ3) is 10.5. The Morgan fingerprint density at radius 3 is 2.37 bits per heavy atom. The summed E-state index contributed by atoms with van der Waals surface area (Å²) < 4.78 is 34.4. The monoisotopic (exact) mass is 800 g/mol. The van der Waals surface area contributed by atoms with E-state index in [-0.39, 0.29) is 16.9 Å². The molecule has 1 aliphatic heterocycles. The Kier molecular flexibility index (Phi) is 13.9. The van der Waals surface area contributed by atoms with Crippen LogP contribution in [0.3, 0.4) is 0 Å². The molecule has 0 spiro atoms. The van der Waals surface area contributed by atoms with E-state index in [0.717, 1.165) is 55.0 Å². The summed E-state index contributed by atoms with van der Waals surface area (Å²) in [5.74, 6) is 0.419. The number of carbonyl (C=O) groups is 2. The number of hydrogen-bond donors (Lipinski definition) is 1. The number of rotatable bonds is 19. The van der Waals surface area contributed by atoms with Crippen molar-refractivity contribution in [2.45, 2.75) is 19.4 Å². The number of ether oxygens (including phenoxy) is 6. The molecule has 0 saturated heterocycles. The molecule has 14 nitrogen and oxygen atoms in total. The lowest BCUT2D eigenvalue weighted by Gasteiger charge is -2.29. The van der Waals surface area contributed by atoms with Gasteiger partial charge in [-0.15, -0.1) is 5.10 Å². The normalized spacial score (nSPS) is 12.6. The van der Waals surface area contributed by atoms with Crippen LogP contribution in [0.5, 0.6) is 11.5 Å². The zero-order chi connectivity index (χ0) is 41.0. The van der Waals surface area contributed by atoms with Gasteiger partial charge in [0.05, 0.1) is 75.9 Å². The van der Waals surface area contributed by atoms with Crippen LogP contribution < -0.4 is 14.8 Å². The van der Waals surface area contributed by atoms with Crippen LogP contribution in [0.15, 0.2) is 97.2 Å². The summed E-state index contributed by atoms with van der Waals surface area (Å²) >= 11 is 0. The van der Waals surface area contributed by atoms with Crippen LogP contribution in [0.4, 0.5) is 5.69 Å². The maximum absolute atomic E-state index is 13.3. The fourth-order valence-corrected chi connectivity index (χ4v) is 6.86. The van der Waals surface area contributed by atoms with Crippen LogP contribution in [-0.2, 0) is 38.3 Å². The molecule has 0 unspecified atom stereocenters. The smallest absolute Gasteiger partial charge is 0.339 e. The van der Waals surface area contributed by atoms with Crippen LogP contribution in [0.25, 0.3) is 27.8 Å². The fourth-order valence-electron chi connectivity index (χ4n) is 6.86. The Morgan fingerprint density at radius 1 is 0.797 bits per heavy atom. The van der Waals surface area contributed by atoms with E-state index in [1.807, 2.05) is 48.7 Å². The van der Waals surface area contributed by atoms with Gasteiger partial charge in [0, 0.05) is 37.7 Å². The van der Waals surface area contributed by atoms with E-state index in [1.165, 1.54) is 23.8 Å². The predicted octanol–water partition coefficient (Wildman–Crippen LogP) is 6.19. The molecular weight excluding hydrogens is 753 g/mol. The second-order valence-electron chi connectivity index (χ2n) is 13.9. The largest absolute Gasteiger partial charge is 0.493 e. The van der Waals surface area contributed by atoms with Crippen molar-refractivity contribution in [1.29, 1.82) is 0 Å². The molecular formula is C45H48N6O8. The number of nitrogens with one attached hydrogen (secondary N) is 1. The highest BCUT2D eigenvalue weighted by atomic mass is 16.6. The summed E-state index contributed by atoms with van der Waals surface area (Å²) in [4.78, 5) is 32.9. The molecule has 0 saturated carbocycles. The Bertz CT molecular complexity index is 2370. The molecule has 0 atom stereocenters. The molecule has 1 amide bonds. The zero-order valence-corrected chi connectivity index (χ0v) is 33.5. The fraction of sp³-hybridized carbons (Fsp3) is 0.311. The van der Waals surface area contributed by atoms with E-state index in [1.54, 1.807) is 43.2 Å². The Balaban J connectivity index is 0.943. The van der Waals surface area contributed by atoms with Crippen LogP contribution in [0, 0.1) is 0 Å². The van der Waals surface area contributed by atoms with E-state index in [2.05, 4.69) is 49.8 Å². The topological polar surface area (TPSA) is 148 Å². The standard InChI is InChI=1S/C45H48N6O8/c1-54-20-21-57-22-23-58-24-25-59-43-28-35-29-50(19-17-33(35)27-42(43)55-2)18-16-31-8-12-36(13-9-31)51-30-41(48-49-51)34-10-14-37(45(53)56-3)40(26-34)47-44(52)39-15-11-32-6-4-5-7-38(32)46-39/h4-15,26-28,30H,16-25,29H2,1-3H3,(H,47,52). The number of hydrogen-bond acceptors (Lipinski definition) is 12. The average molecular weight is 801 g/mol. The van der Waals surface area contributed by atoms with Gasteiger partial charge >= 0.3 is 5.97 Å². The van der Waals surface area contributed by atoms with E-state index < -0.39 is 11.9 Å². The van der Waals surface area contributed by atoms with Gasteiger partial charge in [-0.2, -0.15) is 0 Å². The van der Waals surface area contributed by atoms with Crippen molar-refractivity contribution in [2.24, 2.45) is 0 Å². The lowest BCUT2D eigenvalue weighted by Crippen LogP contribution is -2.32. The Labute approximate surface area is 343 Å². The minimum Gasteiger partial charge on any atom is -0.493 e. The predicted molar refractivity (Wildman–Crippen MR) is 223 cm³/mol.